The molecule has 0 saturated carbocycles. The van der Waals surface area contributed by atoms with E-state index in [0.717, 1.165) is 40.1 Å². The topological polar surface area (TPSA) is 132 Å². The lowest BCUT2D eigenvalue weighted by Crippen LogP contribution is -2.49. The van der Waals surface area contributed by atoms with Crippen LogP contribution in [0.2, 0.25) is 0 Å². The third kappa shape index (κ3) is 9.33. The minimum Gasteiger partial charge on any atom is -0.493 e. The molecule has 11 nitrogen and oxygen atoms in total. The fourth-order valence-electron chi connectivity index (χ4n) is 5.27. The monoisotopic (exact) mass is 658 g/mol. The van der Waals surface area contributed by atoms with E-state index in [2.05, 4.69) is 35.0 Å². The number of nitrogens with zero attached hydrogens (tertiary/aromatic N) is 3. The lowest BCUT2D eigenvalue weighted by molar-refractivity contribution is -0.117. The van der Waals surface area contributed by atoms with Gasteiger partial charge in [-0.2, -0.15) is 0 Å². The van der Waals surface area contributed by atoms with Crippen LogP contribution in [0.4, 0.5) is 11.4 Å². The number of aryl methyl sites for hydroxylation is 3. The highest BCUT2D eigenvalue weighted by Crippen LogP contribution is 2.36. The number of carbonyl (C=O) groups excluding carboxylic acids is 2. The van der Waals surface area contributed by atoms with Crippen molar-refractivity contribution >= 4 is 35.5 Å². The molecule has 0 radical (unpaired) electrons. The largest absolute Gasteiger partial charge is 0.493 e. The second-order valence-corrected chi connectivity index (χ2v) is 13.4. The number of carbonyl (C=O) groups is 2. The quantitative estimate of drug-likeness (QED) is 0.0573. The van der Waals surface area contributed by atoms with Crippen molar-refractivity contribution in [2.24, 2.45) is 17.9 Å². The number of methoxy groups -OCH3 is 1. The zero-order chi connectivity index (χ0) is 35.1. The summed E-state index contributed by atoms with van der Waals surface area (Å²) < 4.78 is 19.7. The molecule has 2 aromatic carbocycles. The minimum absolute atomic E-state index is 0.0661. The molecule has 0 aliphatic carbocycles. The summed E-state index contributed by atoms with van der Waals surface area (Å²) in [7, 11) is 3.53. The van der Waals surface area contributed by atoms with E-state index in [9.17, 15) is 9.59 Å². The summed E-state index contributed by atoms with van der Waals surface area (Å²) >= 11 is 0. The maximum Gasteiger partial charge on any atom is 0.224 e. The van der Waals surface area contributed by atoms with Crippen molar-refractivity contribution in [1.29, 1.82) is 0 Å². The molecular weight excluding hydrogens is 608 g/mol. The molecule has 1 aromatic heterocycles. The Kier molecular flexibility index (Phi) is 11.9. The van der Waals surface area contributed by atoms with Gasteiger partial charge in [0.25, 0.3) is 0 Å². The minimum atomic E-state index is -0.504. The lowest BCUT2D eigenvalue weighted by Gasteiger charge is -2.32. The van der Waals surface area contributed by atoms with Crippen molar-refractivity contribution in [3.63, 3.8) is 0 Å². The average Bonchev–Trinajstić information content (AvgIpc) is 3.63. The third-order valence-electron chi connectivity index (χ3n) is 8.58. The zero-order valence-corrected chi connectivity index (χ0v) is 29.4. The van der Waals surface area contributed by atoms with E-state index in [1.54, 1.807) is 18.2 Å². The van der Waals surface area contributed by atoms with Crippen LogP contribution in [0.15, 0.2) is 59.9 Å². The van der Waals surface area contributed by atoms with Crippen LogP contribution in [0.1, 0.15) is 69.3 Å². The van der Waals surface area contributed by atoms with Gasteiger partial charge in [-0.3, -0.25) is 25.8 Å². The Morgan fingerprint density at radius 2 is 1.83 bits per heavy atom. The Balaban J connectivity index is 1.37. The first-order chi connectivity index (χ1) is 22.7. The highest BCUT2D eigenvalue weighted by atomic mass is 16.5. The summed E-state index contributed by atoms with van der Waals surface area (Å²) in [6.45, 7) is 12.8. The van der Waals surface area contributed by atoms with Gasteiger partial charge < -0.3 is 29.0 Å². The molecule has 0 saturated heterocycles. The normalized spacial score (nSPS) is 15.1. The summed E-state index contributed by atoms with van der Waals surface area (Å²) in [4.78, 5) is 30.8. The Morgan fingerprint density at radius 1 is 1.10 bits per heavy atom. The molecule has 1 aliphatic heterocycles. The molecule has 4 rings (SSSR count). The summed E-state index contributed by atoms with van der Waals surface area (Å²) in [5.41, 5.74) is 8.51. The maximum atomic E-state index is 12.4. The van der Waals surface area contributed by atoms with Crippen LogP contribution in [0.3, 0.4) is 0 Å². The number of benzene rings is 2. The van der Waals surface area contributed by atoms with E-state index in [0.29, 0.717) is 49.7 Å². The van der Waals surface area contributed by atoms with Gasteiger partial charge >= 0.3 is 0 Å². The highest BCUT2D eigenvalue weighted by Gasteiger charge is 2.27. The molecule has 11 heteroatoms. The Labute approximate surface area is 284 Å². The number of aliphatic imine (C=N–C) groups is 1. The van der Waals surface area contributed by atoms with Gasteiger partial charge in [0.1, 0.15) is 0 Å². The number of rotatable bonds is 16. The van der Waals surface area contributed by atoms with Crippen molar-refractivity contribution in [2.75, 3.05) is 25.6 Å². The lowest BCUT2D eigenvalue weighted by atomic mass is 9.94. The fraction of sp³-hybridized carbons (Fsp3) is 0.432. The molecular formula is C37H50N6O5. The van der Waals surface area contributed by atoms with Crippen molar-refractivity contribution in [2.45, 2.75) is 78.0 Å². The molecule has 1 atom stereocenters. The van der Waals surface area contributed by atoms with Crippen LogP contribution in [0.25, 0.3) is 5.57 Å². The van der Waals surface area contributed by atoms with E-state index in [1.807, 2.05) is 83.8 Å². The van der Waals surface area contributed by atoms with Gasteiger partial charge in [0.05, 0.1) is 43.3 Å². The number of hydrazine groups is 1. The van der Waals surface area contributed by atoms with Crippen LogP contribution in [-0.4, -0.2) is 59.9 Å². The Hall–Kier alpha value is -4.45. The Bertz CT molecular complexity index is 1620. The van der Waals surface area contributed by atoms with Crippen molar-refractivity contribution < 1.29 is 23.8 Å². The molecule has 0 bridgehead atoms. The SMILES string of the molecule is COc1cc(C)c(N=CC2CC(c3ccc(C(C)(C)OCC(C)(C)NN)cc3)=CN2C=O)cc1OCCCC(=O)Nc1cc(C)n(C)c1. The molecule has 48 heavy (non-hydrogen) atoms. The Morgan fingerprint density at radius 3 is 2.46 bits per heavy atom. The number of hydrogen-bond acceptors (Lipinski definition) is 8. The first-order valence-electron chi connectivity index (χ1n) is 16.2. The van der Waals surface area contributed by atoms with E-state index < -0.39 is 5.60 Å². The van der Waals surface area contributed by atoms with Crippen LogP contribution in [0.5, 0.6) is 11.5 Å². The molecule has 1 aliphatic rings. The van der Waals surface area contributed by atoms with Gasteiger partial charge in [0.15, 0.2) is 11.5 Å². The molecule has 3 aromatic rings. The first kappa shape index (κ1) is 36.4. The van der Waals surface area contributed by atoms with E-state index in [1.165, 1.54) is 0 Å². The number of amides is 2. The van der Waals surface area contributed by atoms with Gasteiger partial charge in [-0.15, -0.1) is 0 Å². The van der Waals surface area contributed by atoms with Crippen molar-refractivity contribution in [3.8, 4) is 11.5 Å². The molecule has 2 heterocycles. The smallest absolute Gasteiger partial charge is 0.224 e. The number of ether oxygens (including phenoxy) is 3. The van der Waals surface area contributed by atoms with Gasteiger partial charge in [-0.05, 0) is 82.4 Å². The van der Waals surface area contributed by atoms with Gasteiger partial charge in [-0.1, -0.05) is 24.3 Å². The second-order valence-electron chi connectivity index (χ2n) is 13.4. The number of anilines is 1. The van der Waals surface area contributed by atoms with Crippen LogP contribution in [0, 0.1) is 13.8 Å². The van der Waals surface area contributed by atoms with Gasteiger partial charge in [-0.25, -0.2) is 0 Å². The highest BCUT2D eigenvalue weighted by molar-refractivity contribution is 5.90. The number of hydrogen-bond donors (Lipinski definition) is 3. The van der Waals surface area contributed by atoms with Crippen LogP contribution >= 0.6 is 0 Å². The molecule has 0 spiro atoms. The first-order valence-corrected chi connectivity index (χ1v) is 16.2. The standard InChI is InChI=1S/C37H50N6O5/c1-25-16-33(46-8)34(47-15-9-10-35(45)40-30-17-26(2)42(7)22-30)19-32(25)39-20-31-18-28(21-43(31)24-44)27-11-13-29(14-12-27)37(5,6)48-23-36(3,4)41-38/h11-14,16-17,19-22,24,31,41H,9-10,15,18,23,38H2,1-8H3,(H,40,45). The van der Waals surface area contributed by atoms with Crippen molar-refractivity contribution in [3.05, 3.63) is 77.2 Å². The molecule has 0 fully saturated rings. The number of aromatic nitrogens is 1. The fourth-order valence-corrected chi connectivity index (χ4v) is 5.27. The molecule has 1 unspecified atom stereocenters. The van der Waals surface area contributed by atoms with Crippen molar-refractivity contribution in [1.82, 2.24) is 14.9 Å². The zero-order valence-electron chi connectivity index (χ0n) is 29.4. The summed E-state index contributed by atoms with van der Waals surface area (Å²) in [6, 6.07) is 13.6. The summed E-state index contributed by atoms with van der Waals surface area (Å²) in [5.74, 6) is 6.70. The van der Waals surface area contributed by atoms with E-state index in [4.69, 9.17) is 25.0 Å². The molecule has 258 valence electrons. The molecule has 2 amide bonds. The van der Waals surface area contributed by atoms with Gasteiger partial charge in [0, 0.05) is 55.8 Å². The average molecular weight is 659 g/mol. The molecule has 4 N–H and O–H groups in total. The second kappa shape index (κ2) is 15.6. The summed E-state index contributed by atoms with van der Waals surface area (Å²) in [6.07, 6.45) is 7.87. The van der Waals surface area contributed by atoms with Crippen LogP contribution in [-0.2, 0) is 27.0 Å². The predicted octanol–water partition coefficient (Wildman–Crippen LogP) is 5.92. The van der Waals surface area contributed by atoms with Crippen LogP contribution < -0.4 is 26.1 Å². The number of nitrogens with one attached hydrogen (secondary N) is 2. The maximum absolute atomic E-state index is 12.4. The van der Waals surface area contributed by atoms with Gasteiger partial charge in [0.2, 0.25) is 12.3 Å². The van der Waals surface area contributed by atoms with E-state index >= 15 is 0 Å². The number of nitrogens with two attached hydrogens (primary N) is 1. The predicted molar refractivity (Wildman–Crippen MR) is 190 cm³/mol. The summed E-state index contributed by atoms with van der Waals surface area (Å²) in [5, 5.41) is 2.92. The van der Waals surface area contributed by atoms with E-state index in [-0.39, 0.29) is 17.5 Å². The third-order valence-corrected chi connectivity index (χ3v) is 8.58.